The van der Waals surface area contributed by atoms with Crippen LogP contribution in [0, 0.1) is 0 Å². The summed E-state index contributed by atoms with van der Waals surface area (Å²) in [4.78, 5) is 14.3. The van der Waals surface area contributed by atoms with Crippen LogP contribution in [-0.2, 0) is 11.3 Å². The third kappa shape index (κ3) is 3.03. The van der Waals surface area contributed by atoms with Crippen molar-refractivity contribution < 1.29 is 4.74 Å². The molecule has 1 aliphatic heterocycles. The van der Waals surface area contributed by atoms with E-state index in [0.717, 1.165) is 29.5 Å². The van der Waals surface area contributed by atoms with Gasteiger partial charge in [-0.05, 0) is 0 Å². The Balaban J connectivity index is 1.79. The van der Waals surface area contributed by atoms with E-state index in [9.17, 15) is 4.79 Å². The van der Waals surface area contributed by atoms with Gasteiger partial charge in [0, 0.05) is 37.7 Å². The van der Waals surface area contributed by atoms with Crippen molar-refractivity contribution in [2.75, 3.05) is 43.6 Å². The number of aromatic nitrogens is 4. The number of anilines is 2. The summed E-state index contributed by atoms with van der Waals surface area (Å²) in [6, 6.07) is 1.61. The molecule has 8 nitrogen and oxygen atoms in total. The Kier molecular flexibility index (Phi) is 4.11. The Morgan fingerprint density at radius 2 is 2.24 bits per heavy atom. The molecule has 0 bridgehead atoms. The van der Waals surface area contributed by atoms with E-state index in [0.29, 0.717) is 19.8 Å². The smallest absolute Gasteiger partial charge is 0.269 e. The summed E-state index contributed by atoms with van der Waals surface area (Å²) >= 11 is 1.26. The van der Waals surface area contributed by atoms with Gasteiger partial charge in [-0.2, -0.15) is 5.10 Å². The molecule has 0 radical (unpaired) electrons. The van der Waals surface area contributed by atoms with Crippen LogP contribution in [0.2, 0.25) is 0 Å². The van der Waals surface area contributed by atoms with Crippen LogP contribution in [0.1, 0.15) is 5.69 Å². The number of rotatable bonds is 4. The molecule has 0 aromatic carbocycles. The molecule has 9 heteroatoms. The molecule has 0 spiro atoms. The fourth-order valence-corrected chi connectivity index (χ4v) is 2.70. The fraction of sp³-hybridized carbons (Fsp3) is 0.500. The summed E-state index contributed by atoms with van der Waals surface area (Å²) < 4.78 is 10.6. The molecule has 1 aliphatic rings. The molecule has 0 saturated carbocycles. The van der Waals surface area contributed by atoms with Crippen molar-refractivity contribution in [3.05, 3.63) is 28.3 Å². The minimum absolute atomic E-state index is 0.144. The molecule has 1 N–H and O–H groups in total. The van der Waals surface area contributed by atoms with Crippen molar-refractivity contribution in [3.63, 3.8) is 0 Å². The van der Waals surface area contributed by atoms with Gasteiger partial charge in [0.25, 0.3) is 5.56 Å². The molecular weight excluding hydrogens is 292 g/mol. The highest BCUT2D eigenvalue weighted by Gasteiger charge is 2.14. The van der Waals surface area contributed by atoms with E-state index in [1.54, 1.807) is 19.3 Å². The predicted octanol–water partition coefficient (Wildman–Crippen LogP) is 0.0214. The van der Waals surface area contributed by atoms with Crippen molar-refractivity contribution in [2.24, 2.45) is 0 Å². The van der Waals surface area contributed by atoms with E-state index in [4.69, 9.17) is 4.74 Å². The van der Waals surface area contributed by atoms with Crippen molar-refractivity contribution >= 4 is 22.2 Å². The van der Waals surface area contributed by atoms with Gasteiger partial charge in [-0.1, -0.05) is 4.49 Å². The molecule has 1 saturated heterocycles. The van der Waals surface area contributed by atoms with E-state index in [1.807, 2.05) is 0 Å². The maximum absolute atomic E-state index is 12.2. The first-order chi connectivity index (χ1) is 10.3. The fourth-order valence-electron chi connectivity index (χ4n) is 2.18. The summed E-state index contributed by atoms with van der Waals surface area (Å²) in [6.07, 6.45) is 1.71. The van der Waals surface area contributed by atoms with Crippen LogP contribution in [0.25, 0.3) is 0 Å². The second kappa shape index (κ2) is 6.19. The van der Waals surface area contributed by atoms with Gasteiger partial charge in [-0.25, -0.2) is 4.68 Å². The molecule has 2 aromatic rings. The molecule has 3 rings (SSSR count). The molecule has 0 amide bonds. The second-order valence-corrected chi connectivity index (χ2v) is 5.36. The molecule has 3 heterocycles. The van der Waals surface area contributed by atoms with Gasteiger partial charge in [-0.3, -0.25) is 4.79 Å². The number of nitrogens with zero attached hydrogens (tertiary/aromatic N) is 5. The van der Waals surface area contributed by atoms with Gasteiger partial charge in [0.15, 0.2) is 0 Å². The molecule has 112 valence electrons. The van der Waals surface area contributed by atoms with Gasteiger partial charge in [0.1, 0.15) is 10.7 Å². The van der Waals surface area contributed by atoms with Crippen LogP contribution in [0.3, 0.4) is 0 Å². The zero-order valence-electron chi connectivity index (χ0n) is 11.7. The van der Waals surface area contributed by atoms with Gasteiger partial charge >= 0.3 is 0 Å². The number of hydrogen-bond acceptors (Lipinski definition) is 8. The molecule has 0 atom stereocenters. The normalized spacial score (nSPS) is 15.2. The van der Waals surface area contributed by atoms with Gasteiger partial charge in [-0.15, -0.1) is 5.10 Å². The van der Waals surface area contributed by atoms with Crippen LogP contribution in [0.5, 0.6) is 0 Å². The largest absolute Gasteiger partial charge is 0.378 e. The Morgan fingerprint density at radius 3 is 2.95 bits per heavy atom. The summed E-state index contributed by atoms with van der Waals surface area (Å²) in [6.45, 7) is 3.24. The van der Waals surface area contributed by atoms with Crippen LogP contribution in [0.15, 0.2) is 17.1 Å². The molecule has 2 aromatic heterocycles. The highest BCUT2D eigenvalue weighted by molar-refractivity contribution is 7.10. The second-order valence-electron chi connectivity index (χ2n) is 4.61. The minimum Gasteiger partial charge on any atom is -0.378 e. The third-order valence-electron chi connectivity index (χ3n) is 3.31. The lowest BCUT2D eigenvalue weighted by Gasteiger charge is -2.28. The molecule has 1 fully saturated rings. The van der Waals surface area contributed by atoms with E-state index in [-0.39, 0.29) is 5.56 Å². The lowest BCUT2D eigenvalue weighted by Crippen LogP contribution is -2.37. The summed E-state index contributed by atoms with van der Waals surface area (Å²) in [5.41, 5.74) is 1.41. The highest BCUT2D eigenvalue weighted by atomic mass is 32.1. The van der Waals surface area contributed by atoms with E-state index >= 15 is 0 Å². The Hall–Kier alpha value is -2.00. The highest BCUT2D eigenvalue weighted by Crippen LogP contribution is 2.17. The first-order valence-corrected chi connectivity index (χ1v) is 7.44. The zero-order chi connectivity index (χ0) is 14.7. The average Bonchev–Trinajstić information content (AvgIpc) is 2.97. The van der Waals surface area contributed by atoms with Crippen LogP contribution in [0.4, 0.5) is 10.7 Å². The summed E-state index contributed by atoms with van der Waals surface area (Å²) in [5, 5.41) is 12.1. The number of hydrogen-bond donors (Lipinski definition) is 1. The average molecular weight is 308 g/mol. The van der Waals surface area contributed by atoms with Crippen LogP contribution < -0.4 is 15.8 Å². The quantitative estimate of drug-likeness (QED) is 0.852. The lowest BCUT2D eigenvalue weighted by atomic mass is 10.3. The van der Waals surface area contributed by atoms with Gasteiger partial charge in [0.2, 0.25) is 0 Å². The van der Waals surface area contributed by atoms with Crippen molar-refractivity contribution in [1.29, 1.82) is 0 Å². The number of ether oxygens (including phenoxy) is 1. The zero-order valence-corrected chi connectivity index (χ0v) is 12.5. The predicted molar refractivity (Wildman–Crippen MR) is 80.1 cm³/mol. The van der Waals surface area contributed by atoms with E-state index in [1.165, 1.54) is 16.2 Å². The first-order valence-electron chi connectivity index (χ1n) is 6.67. The molecule has 0 unspecified atom stereocenters. The molecular formula is C12H16N6O2S. The van der Waals surface area contributed by atoms with Crippen molar-refractivity contribution in [3.8, 4) is 0 Å². The SMILES string of the molecule is CNc1snnc1Cn1ncc(N2CCOCC2)cc1=O. The topological polar surface area (TPSA) is 85.2 Å². The molecule has 0 aliphatic carbocycles. The maximum atomic E-state index is 12.2. The van der Waals surface area contributed by atoms with Crippen LogP contribution >= 0.6 is 11.5 Å². The van der Waals surface area contributed by atoms with Crippen molar-refractivity contribution in [2.45, 2.75) is 6.54 Å². The summed E-state index contributed by atoms with van der Waals surface area (Å²) in [5.74, 6) is 0. The van der Waals surface area contributed by atoms with Gasteiger partial charge < -0.3 is 15.0 Å². The maximum Gasteiger partial charge on any atom is 0.269 e. The van der Waals surface area contributed by atoms with Crippen LogP contribution in [-0.4, -0.2) is 52.7 Å². The molecule has 21 heavy (non-hydrogen) atoms. The lowest BCUT2D eigenvalue weighted by molar-refractivity contribution is 0.122. The van der Waals surface area contributed by atoms with Gasteiger partial charge in [0.05, 0.1) is 31.6 Å². The Morgan fingerprint density at radius 1 is 1.43 bits per heavy atom. The first kappa shape index (κ1) is 14.0. The van der Waals surface area contributed by atoms with E-state index < -0.39 is 0 Å². The number of nitrogens with one attached hydrogen (secondary N) is 1. The minimum atomic E-state index is -0.144. The van der Waals surface area contributed by atoms with E-state index in [2.05, 4.69) is 24.9 Å². The Bertz CT molecular complexity index is 664. The Labute approximate surface area is 125 Å². The number of morpholine rings is 1. The monoisotopic (exact) mass is 308 g/mol. The third-order valence-corrected chi connectivity index (χ3v) is 4.10. The summed E-state index contributed by atoms with van der Waals surface area (Å²) in [7, 11) is 1.80. The standard InChI is InChI=1S/C12H16N6O2S/c1-13-12-10(15-16-21-12)8-18-11(19)6-9(7-14-18)17-2-4-20-5-3-17/h6-7,13H,2-5,8H2,1H3. The van der Waals surface area contributed by atoms with Crippen molar-refractivity contribution in [1.82, 2.24) is 19.4 Å².